The highest BCUT2D eigenvalue weighted by molar-refractivity contribution is 6.19. The summed E-state index contributed by atoms with van der Waals surface area (Å²) in [6.45, 7) is 3.79. The summed E-state index contributed by atoms with van der Waals surface area (Å²) in [6.07, 6.45) is 7.45. The van der Waals surface area contributed by atoms with Gasteiger partial charge in [-0.1, -0.05) is 19.4 Å². The average molecular weight is 434 g/mol. The number of hydrogen-bond acceptors (Lipinski definition) is 6. The molecule has 0 bridgehead atoms. The molecule has 1 aliphatic carbocycles. The van der Waals surface area contributed by atoms with Gasteiger partial charge in [-0.25, -0.2) is 4.98 Å². The number of rotatable bonds is 9. The predicted octanol–water partition coefficient (Wildman–Crippen LogP) is 2.96. The van der Waals surface area contributed by atoms with Gasteiger partial charge in [-0.15, -0.1) is 0 Å². The lowest BCUT2D eigenvalue weighted by atomic mass is 10.1. The van der Waals surface area contributed by atoms with Crippen molar-refractivity contribution in [3.05, 3.63) is 53.6 Å². The number of carbonyl (C=O) groups is 3. The first kappa shape index (κ1) is 21.7. The van der Waals surface area contributed by atoms with Gasteiger partial charge in [-0.2, -0.15) is 0 Å². The van der Waals surface area contributed by atoms with E-state index in [1.807, 2.05) is 32.0 Å². The molecule has 8 heteroatoms. The van der Waals surface area contributed by atoms with Crippen LogP contribution in [0.1, 0.15) is 44.7 Å². The second-order valence-electron chi connectivity index (χ2n) is 8.14. The number of pyridine rings is 2. The van der Waals surface area contributed by atoms with E-state index in [1.165, 1.54) is 4.90 Å². The summed E-state index contributed by atoms with van der Waals surface area (Å²) in [7, 11) is 0. The molecule has 3 heterocycles. The first-order valence-corrected chi connectivity index (χ1v) is 11.0. The van der Waals surface area contributed by atoms with Crippen LogP contribution in [0.25, 0.3) is 11.1 Å². The highest BCUT2D eigenvalue weighted by Crippen LogP contribution is 2.34. The van der Waals surface area contributed by atoms with Crippen molar-refractivity contribution >= 4 is 23.5 Å². The SMILES string of the molecule is CCCCC1=C(NCC(=O)Nc2ccc(-c3cccnc3)c(C)n2)C(=O)N(C2CC2)C1=O. The van der Waals surface area contributed by atoms with E-state index < -0.39 is 0 Å². The van der Waals surface area contributed by atoms with Gasteiger partial charge in [-0.05, 0) is 50.8 Å². The van der Waals surface area contributed by atoms with Crippen molar-refractivity contribution in [1.29, 1.82) is 0 Å². The summed E-state index contributed by atoms with van der Waals surface area (Å²) in [4.78, 5) is 48.0. The Labute approximate surface area is 187 Å². The Morgan fingerprint density at radius 2 is 2.00 bits per heavy atom. The van der Waals surface area contributed by atoms with Crippen LogP contribution in [-0.2, 0) is 14.4 Å². The molecule has 1 fully saturated rings. The number of nitrogens with one attached hydrogen (secondary N) is 2. The van der Waals surface area contributed by atoms with Crippen LogP contribution in [0.2, 0.25) is 0 Å². The highest BCUT2D eigenvalue weighted by atomic mass is 16.2. The van der Waals surface area contributed by atoms with Gasteiger partial charge in [0.15, 0.2) is 0 Å². The molecule has 0 aromatic carbocycles. The second-order valence-corrected chi connectivity index (χ2v) is 8.14. The lowest BCUT2D eigenvalue weighted by Crippen LogP contribution is -2.37. The van der Waals surface area contributed by atoms with E-state index in [1.54, 1.807) is 18.5 Å². The normalized spacial score (nSPS) is 16.0. The Morgan fingerprint density at radius 3 is 2.66 bits per heavy atom. The van der Waals surface area contributed by atoms with Gasteiger partial charge in [0.2, 0.25) is 5.91 Å². The minimum absolute atomic E-state index is 0.00487. The predicted molar refractivity (Wildman–Crippen MR) is 120 cm³/mol. The summed E-state index contributed by atoms with van der Waals surface area (Å²) in [5, 5.41) is 5.68. The number of aryl methyl sites for hydroxylation is 1. The number of hydrogen-bond donors (Lipinski definition) is 2. The van der Waals surface area contributed by atoms with E-state index in [0.717, 1.165) is 42.5 Å². The van der Waals surface area contributed by atoms with E-state index in [-0.39, 0.29) is 36.0 Å². The maximum Gasteiger partial charge on any atom is 0.277 e. The quantitative estimate of drug-likeness (QED) is 0.589. The molecular formula is C24H27N5O3. The van der Waals surface area contributed by atoms with Gasteiger partial charge >= 0.3 is 0 Å². The summed E-state index contributed by atoms with van der Waals surface area (Å²) in [5.74, 6) is -0.433. The van der Waals surface area contributed by atoms with Gasteiger partial charge in [0.25, 0.3) is 11.8 Å². The molecule has 3 amide bonds. The number of anilines is 1. The van der Waals surface area contributed by atoms with Crippen LogP contribution in [0.5, 0.6) is 0 Å². The molecule has 8 nitrogen and oxygen atoms in total. The van der Waals surface area contributed by atoms with Gasteiger partial charge in [-0.3, -0.25) is 24.3 Å². The van der Waals surface area contributed by atoms with Gasteiger partial charge < -0.3 is 10.6 Å². The molecule has 2 aromatic rings. The lowest BCUT2D eigenvalue weighted by Gasteiger charge is -2.14. The van der Waals surface area contributed by atoms with Crippen molar-refractivity contribution in [1.82, 2.24) is 20.2 Å². The molecule has 4 rings (SSSR count). The van der Waals surface area contributed by atoms with E-state index in [4.69, 9.17) is 0 Å². The third-order valence-corrected chi connectivity index (χ3v) is 5.66. The minimum Gasteiger partial charge on any atom is -0.371 e. The van der Waals surface area contributed by atoms with Crippen molar-refractivity contribution in [2.75, 3.05) is 11.9 Å². The Hall–Kier alpha value is -3.55. The van der Waals surface area contributed by atoms with Crippen LogP contribution in [0.3, 0.4) is 0 Å². The van der Waals surface area contributed by atoms with Crippen molar-refractivity contribution < 1.29 is 14.4 Å². The van der Waals surface area contributed by atoms with Crippen molar-refractivity contribution in [2.24, 2.45) is 0 Å². The summed E-state index contributed by atoms with van der Waals surface area (Å²) >= 11 is 0. The Balaban J connectivity index is 1.41. The Morgan fingerprint density at radius 1 is 1.19 bits per heavy atom. The van der Waals surface area contributed by atoms with Gasteiger partial charge in [0.1, 0.15) is 11.5 Å². The van der Waals surface area contributed by atoms with Gasteiger partial charge in [0, 0.05) is 40.8 Å². The molecule has 1 saturated carbocycles. The zero-order valence-electron chi connectivity index (χ0n) is 18.4. The topological polar surface area (TPSA) is 104 Å². The van der Waals surface area contributed by atoms with Crippen LogP contribution in [-0.4, -0.2) is 45.2 Å². The number of unbranched alkanes of at least 4 members (excludes halogenated alkanes) is 1. The molecule has 0 radical (unpaired) electrons. The Kier molecular flexibility index (Phi) is 6.30. The fourth-order valence-corrected chi connectivity index (χ4v) is 3.84. The number of aromatic nitrogens is 2. The zero-order valence-corrected chi connectivity index (χ0v) is 18.4. The standard InChI is InChI=1S/C24H27N5O3/c1-3-4-7-19-22(24(32)29(23(19)31)17-8-9-17)26-14-21(30)28-20-11-10-18(15(2)27-20)16-6-5-12-25-13-16/h5-6,10-13,17,26H,3-4,7-9,14H2,1-2H3,(H,27,28,30). The average Bonchev–Trinajstić information content (AvgIpc) is 3.58. The number of carbonyl (C=O) groups excluding carboxylic acids is 3. The fourth-order valence-electron chi connectivity index (χ4n) is 3.84. The summed E-state index contributed by atoms with van der Waals surface area (Å²) < 4.78 is 0. The molecule has 2 aliphatic rings. The van der Waals surface area contributed by atoms with E-state index in [0.29, 0.717) is 17.8 Å². The molecule has 166 valence electrons. The molecule has 1 aliphatic heterocycles. The minimum atomic E-state index is -0.335. The third-order valence-electron chi connectivity index (χ3n) is 5.66. The number of amides is 3. The maximum absolute atomic E-state index is 12.8. The molecule has 0 spiro atoms. The van der Waals surface area contributed by atoms with Crippen molar-refractivity contribution in [3.8, 4) is 11.1 Å². The van der Waals surface area contributed by atoms with Crippen molar-refractivity contribution in [2.45, 2.75) is 52.0 Å². The van der Waals surface area contributed by atoms with Crippen LogP contribution in [0.15, 0.2) is 47.9 Å². The molecule has 0 unspecified atom stereocenters. The van der Waals surface area contributed by atoms with Crippen molar-refractivity contribution in [3.63, 3.8) is 0 Å². The largest absolute Gasteiger partial charge is 0.371 e. The molecule has 2 aromatic heterocycles. The third kappa shape index (κ3) is 4.54. The lowest BCUT2D eigenvalue weighted by molar-refractivity contribution is -0.138. The number of imide groups is 1. The first-order chi connectivity index (χ1) is 15.5. The van der Waals surface area contributed by atoms with E-state index in [9.17, 15) is 14.4 Å². The highest BCUT2D eigenvalue weighted by Gasteiger charge is 2.45. The van der Waals surface area contributed by atoms with E-state index in [2.05, 4.69) is 20.6 Å². The number of nitrogens with zero attached hydrogens (tertiary/aromatic N) is 3. The molecule has 0 saturated heterocycles. The molecule has 32 heavy (non-hydrogen) atoms. The second kappa shape index (κ2) is 9.30. The van der Waals surface area contributed by atoms with Crippen LogP contribution < -0.4 is 10.6 Å². The molecule has 0 atom stereocenters. The summed E-state index contributed by atoms with van der Waals surface area (Å²) in [6, 6.07) is 7.44. The summed E-state index contributed by atoms with van der Waals surface area (Å²) in [5.41, 5.74) is 3.42. The monoisotopic (exact) mass is 433 g/mol. The van der Waals surface area contributed by atoms with Crippen LogP contribution in [0.4, 0.5) is 5.82 Å². The van der Waals surface area contributed by atoms with Crippen LogP contribution in [0, 0.1) is 6.92 Å². The first-order valence-electron chi connectivity index (χ1n) is 11.0. The maximum atomic E-state index is 12.8. The fraction of sp³-hybridized carbons (Fsp3) is 0.375. The smallest absolute Gasteiger partial charge is 0.277 e. The molecular weight excluding hydrogens is 406 g/mol. The zero-order chi connectivity index (χ0) is 22.7. The van der Waals surface area contributed by atoms with Crippen LogP contribution >= 0.6 is 0 Å². The van der Waals surface area contributed by atoms with Gasteiger partial charge in [0.05, 0.1) is 6.54 Å². The molecule has 2 N–H and O–H groups in total. The van der Waals surface area contributed by atoms with E-state index >= 15 is 0 Å². The Bertz CT molecular complexity index is 1080.